The van der Waals surface area contributed by atoms with E-state index in [2.05, 4.69) is 10.6 Å². The molecule has 4 rings (SSSR count). The van der Waals surface area contributed by atoms with E-state index in [-0.39, 0.29) is 12.6 Å². The highest BCUT2D eigenvalue weighted by atomic mass is 16.6. The first-order valence-electron chi connectivity index (χ1n) is 8.66. The summed E-state index contributed by atoms with van der Waals surface area (Å²) in [4.78, 5) is 24.4. The van der Waals surface area contributed by atoms with Crippen LogP contribution in [0.3, 0.4) is 0 Å². The summed E-state index contributed by atoms with van der Waals surface area (Å²) >= 11 is 0. The average Bonchev–Trinajstić information content (AvgIpc) is 2.72. The Bertz CT molecular complexity index is 997. The maximum atomic E-state index is 12.2. The van der Waals surface area contributed by atoms with Crippen molar-refractivity contribution < 1.29 is 19.1 Å². The lowest BCUT2D eigenvalue weighted by Crippen LogP contribution is -2.44. The molecule has 2 N–H and O–H groups in total. The lowest BCUT2D eigenvalue weighted by atomic mass is 10.1. The number of ether oxygens (including phenoxy) is 2. The minimum absolute atomic E-state index is 0.177. The second-order valence-corrected chi connectivity index (χ2v) is 6.19. The minimum Gasteiger partial charge on any atom is -0.486 e. The summed E-state index contributed by atoms with van der Waals surface area (Å²) < 4.78 is 11.4. The van der Waals surface area contributed by atoms with E-state index in [9.17, 15) is 9.59 Å². The van der Waals surface area contributed by atoms with Gasteiger partial charge in [0.1, 0.15) is 12.7 Å². The minimum atomic E-state index is -0.719. The van der Waals surface area contributed by atoms with Crippen molar-refractivity contribution in [3.05, 3.63) is 66.7 Å². The van der Waals surface area contributed by atoms with Crippen molar-refractivity contribution in [1.29, 1.82) is 0 Å². The standard InChI is InChI=1S/C21H18N2O4/c24-20(22-12-15-13-26-18-10-3-4-11-19(18)27-15)21(25)23-17-9-5-7-14-6-1-2-8-16(14)17/h1-11,15H,12-13H2,(H,22,24)(H,23,25). The molecule has 0 aromatic heterocycles. The molecule has 0 bridgehead atoms. The van der Waals surface area contributed by atoms with Crippen molar-refractivity contribution >= 4 is 28.3 Å². The Hall–Kier alpha value is -3.54. The van der Waals surface area contributed by atoms with Gasteiger partial charge in [0.15, 0.2) is 11.5 Å². The number of fused-ring (bicyclic) bond motifs is 2. The van der Waals surface area contributed by atoms with Crippen molar-refractivity contribution in [1.82, 2.24) is 5.32 Å². The maximum Gasteiger partial charge on any atom is 0.313 e. The first-order chi connectivity index (χ1) is 13.2. The molecule has 1 aliphatic rings. The van der Waals surface area contributed by atoms with Crippen LogP contribution in [0.5, 0.6) is 11.5 Å². The van der Waals surface area contributed by atoms with Gasteiger partial charge >= 0.3 is 11.8 Å². The molecule has 136 valence electrons. The van der Waals surface area contributed by atoms with Gasteiger partial charge in [0.2, 0.25) is 0 Å². The molecule has 3 aromatic rings. The first kappa shape index (κ1) is 16.9. The summed E-state index contributed by atoms with van der Waals surface area (Å²) in [7, 11) is 0. The largest absolute Gasteiger partial charge is 0.486 e. The molecule has 0 saturated carbocycles. The van der Waals surface area contributed by atoms with Gasteiger partial charge in [-0.2, -0.15) is 0 Å². The van der Waals surface area contributed by atoms with E-state index in [1.807, 2.05) is 54.6 Å². The molecule has 3 aromatic carbocycles. The quantitative estimate of drug-likeness (QED) is 0.703. The molecule has 0 spiro atoms. The molecule has 0 radical (unpaired) electrons. The van der Waals surface area contributed by atoms with Crippen LogP contribution in [0.2, 0.25) is 0 Å². The Morgan fingerprint density at radius 1 is 0.889 bits per heavy atom. The van der Waals surface area contributed by atoms with Crippen LogP contribution in [-0.2, 0) is 9.59 Å². The highest BCUT2D eigenvalue weighted by Gasteiger charge is 2.22. The van der Waals surface area contributed by atoms with Gasteiger partial charge in [0.25, 0.3) is 0 Å². The summed E-state index contributed by atoms with van der Waals surface area (Å²) in [5, 5.41) is 7.13. The zero-order valence-electron chi connectivity index (χ0n) is 14.5. The molecule has 0 fully saturated rings. The predicted molar refractivity (Wildman–Crippen MR) is 102 cm³/mol. The molecule has 0 saturated heterocycles. The molecule has 1 aliphatic heterocycles. The smallest absolute Gasteiger partial charge is 0.313 e. The van der Waals surface area contributed by atoms with Crippen LogP contribution in [0.25, 0.3) is 10.8 Å². The topological polar surface area (TPSA) is 76.7 Å². The molecular weight excluding hydrogens is 344 g/mol. The molecule has 0 aliphatic carbocycles. The molecule has 6 heteroatoms. The molecule has 1 atom stereocenters. The van der Waals surface area contributed by atoms with E-state index < -0.39 is 11.8 Å². The fourth-order valence-corrected chi connectivity index (χ4v) is 2.96. The molecule has 6 nitrogen and oxygen atoms in total. The van der Waals surface area contributed by atoms with Gasteiger partial charge < -0.3 is 20.1 Å². The van der Waals surface area contributed by atoms with E-state index in [0.717, 1.165) is 10.8 Å². The maximum absolute atomic E-state index is 12.2. The normalized spacial score (nSPS) is 15.2. The van der Waals surface area contributed by atoms with Crippen molar-refractivity contribution in [2.45, 2.75) is 6.10 Å². The fraction of sp³-hybridized carbons (Fsp3) is 0.143. The molecule has 2 amide bonds. The summed E-state index contributed by atoms with van der Waals surface area (Å²) in [6.45, 7) is 0.484. The van der Waals surface area contributed by atoms with Gasteiger partial charge in [-0.1, -0.05) is 48.5 Å². The van der Waals surface area contributed by atoms with Crippen molar-refractivity contribution in [3.8, 4) is 11.5 Å². The number of carbonyl (C=O) groups is 2. The lowest BCUT2D eigenvalue weighted by molar-refractivity contribution is -0.136. The fourth-order valence-electron chi connectivity index (χ4n) is 2.96. The number of anilines is 1. The van der Waals surface area contributed by atoms with Gasteiger partial charge in [-0.15, -0.1) is 0 Å². The average molecular weight is 362 g/mol. The van der Waals surface area contributed by atoms with Gasteiger partial charge in [0, 0.05) is 11.1 Å². The third-order valence-electron chi connectivity index (χ3n) is 4.30. The molecule has 27 heavy (non-hydrogen) atoms. The van der Waals surface area contributed by atoms with E-state index in [1.165, 1.54) is 0 Å². The lowest BCUT2D eigenvalue weighted by Gasteiger charge is -2.26. The van der Waals surface area contributed by atoms with Crippen LogP contribution in [0.15, 0.2) is 66.7 Å². The first-order valence-corrected chi connectivity index (χ1v) is 8.66. The third kappa shape index (κ3) is 3.69. The van der Waals surface area contributed by atoms with Crippen molar-refractivity contribution in [2.75, 3.05) is 18.5 Å². The summed E-state index contributed by atoms with van der Waals surface area (Å²) in [6, 6.07) is 20.5. The van der Waals surface area contributed by atoms with Gasteiger partial charge in [0.05, 0.1) is 6.54 Å². The van der Waals surface area contributed by atoms with Gasteiger partial charge in [-0.25, -0.2) is 0 Å². The number of hydrogen-bond acceptors (Lipinski definition) is 4. The number of nitrogens with one attached hydrogen (secondary N) is 2. The number of hydrogen-bond donors (Lipinski definition) is 2. The van der Waals surface area contributed by atoms with Crippen LogP contribution in [0, 0.1) is 0 Å². The van der Waals surface area contributed by atoms with Crippen LogP contribution < -0.4 is 20.1 Å². The van der Waals surface area contributed by atoms with Crippen LogP contribution in [0.4, 0.5) is 5.69 Å². The van der Waals surface area contributed by atoms with E-state index >= 15 is 0 Å². The Morgan fingerprint density at radius 2 is 1.63 bits per heavy atom. The van der Waals surface area contributed by atoms with E-state index in [0.29, 0.717) is 23.8 Å². The predicted octanol–water partition coefficient (Wildman–Crippen LogP) is 2.73. The highest BCUT2D eigenvalue weighted by Crippen LogP contribution is 2.30. The zero-order chi connectivity index (χ0) is 18.6. The van der Waals surface area contributed by atoms with Crippen molar-refractivity contribution in [3.63, 3.8) is 0 Å². The Balaban J connectivity index is 1.35. The number of rotatable bonds is 3. The second-order valence-electron chi connectivity index (χ2n) is 6.19. The number of amides is 2. The zero-order valence-corrected chi connectivity index (χ0v) is 14.5. The summed E-state index contributed by atoms with van der Waals surface area (Å²) in [5.74, 6) is -0.133. The van der Waals surface area contributed by atoms with Gasteiger partial charge in [-0.3, -0.25) is 9.59 Å². The van der Waals surface area contributed by atoms with Crippen molar-refractivity contribution in [2.24, 2.45) is 0 Å². The Morgan fingerprint density at radius 3 is 2.52 bits per heavy atom. The Labute approximate surface area is 156 Å². The highest BCUT2D eigenvalue weighted by molar-refractivity contribution is 6.40. The number of para-hydroxylation sites is 2. The van der Waals surface area contributed by atoms with Crippen LogP contribution >= 0.6 is 0 Å². The monoisotopic (exact) mass is 362 g/mol. The number of carbonyl (C=O) groups excluding carboxylic acids is 2. The van der Waals surface area contributed by atoms with E-state index in [1.54, 1.807) is 12.1 Å². The molecular formula is C21H18N2O4. The van der Waals surface area contributed by atoms with Gasteiger partial charge in [-0.05, 0) is 23.6 Å². The van der Waals surface area contributed by atoms with E-state index in [4.69, 9.17) is 9.47 Å². The van der Waals surface area contributed by atoms with Crippen LogP contribution in [0.1, 0.15) is 0 Å². The van der Waals surface area contributed by atoms with Crippen LogP contribution in [-0.4, -0.2) is 31.1 Å². The summed E-state index contributed by atoms with van der Waals surface area (Å²) in [5.41, 5.74) is 0.597. The second kappa shape index (κ2) is 7.37. The number of benzene rings is 3. The third-order valence-corrected chi connectivity index (χ3v) is 4.30. The summed E-state index contributed by atoms with van der Waals surface area (Å²) in [6.07, 6.45) is -0.353. The molecule has 1 heterocycles. The SMILES string of the molecule is O=C(NCC1COc2ccccc2O1)C(=O)Nc1cccc2ccccc12. The molecule has 1 unspecified atom stereocenters. The Kier molecular flexibility index (Phi) is 4.61.